The van der Waals surface area contributed by atoms with Gasteiger partial charge < -0.3 is 13.7 Å². The maximum absolute atomic E-state index is 12.6. The summed E-state index contributed by atoms with van der Waals surface area (Å²) in [6.45, 7) is 9.46. The van der Waals surface area contributed by atoms with Crippen molar-refractivity contribution >= 4 is 22.3 Å². The number of carbonyl (C=O) groups excluding carboxylic acids is 1. The Morgan fingerprint density at radius 2 is 1.85 bits per heavy atom. The van der Waals surface area contributed by atoms with Gasteiger partial charge in [-0.1, -0.05) is 24.3 Å². The SMILES string of the molecule is CC(C)(C)OC(=O)N1[C@@H](/C=C\c2ccc(OS(C)(=O)=O)cc2)COC1(C)C. The molecule has 0 radical (unpaired) electrons. The summed E-state index contributed by atoms with van der Waals surface area (Å²) < 4.78 is 38.4. The Morgan fingerprint density at radius 3 is 2.37 bits per heavy atom. The molecule has 0 aromatic heterocycles. The summed E-state index contributed by atoms with van der Waals surface area (Å²) in [6, 6.07) is 6.33. The lowest BCUT2D eigenvalue weighted by Crippen LogP contribution is -2.49. The zero-order valence-electron chi connectivity index (χ0n) is 16.6. The first-order valence-electron chi connectivity index (χ1n) is 8.61. The van der Waals surface area contributed by atoms with Crippen LogP contribution in [0.1, 0.15) is 40.2 Å². The van der Waals surface area contributed by atoms with Crippen LogP contribution in [-0.4, -0.2) is 49.6 Å². The van der Waals surface area contributed by atoms with E-state index in [2.05, 4.69) is 0 Å². The van der Waals surface area contributed by atoms with Crippen LogP contribution in [0.15, 0.2) is 30.3 Å². The van der Waals surface area contributed by atoms with E-state index in [-0.39, 0.29) is 11.8 Å². The molecule has 1 aliphatic heterocycles. The lowest BCUT2D eigenvalue weighted by Gasteiger charge is -2.34. The van der Waals surface area contributed by atoms with Crippen molar-refractivity contribution in [3.05, 3.63) is 35.9 Å². The second-order valence-corrected chi connectivity index (χ2v) is 9.47. The topological polar surface area (TPSA) is 82.1 Å². The first-order chi connectivity index (χ1) is 12.3. The van der Waals surface area contributed by atoms with E-state index in [1.807, 2.05) is 46.8 Å². The van der Waals surface area contributed by atoms with Gasteiger partial charge in [0.15, 0.2) is 0 Å². The van der Waals surface area contributed by atoms with E-state index >= 15 is 0 Å². The lowest BCUT2D eigenvalue weighted by atomic mass is 10.1. The van der Waals surface area contributed by atoms with Crippen molar-refractivity contribution in [2.24, 2.45) is 0 Å². The van der Waals surface area contributed by atoms with E-state index in [1.165, 1.54) is 0 Å². The maximum Gasteiger partial charge on any atom is 0.413 e. The molecule has 0 saturated carbocycles. The minimum Gasteiger partial charge on any atom is -0.444 e. The Hall–Kier alpha value is -2.06. The Labute approximate surface area is 161 Å². The van der Waals surface area contributed by atoms with E-state index in [0.29, 0.717) is 6.61 Å². The molecule has 1 atom stereocenters. The summed E-state index contributed by atoms with van der Waals surface area (Å²) in [4.78, 5) is 14.2. The minimum atomic E-state index is -3.55. The van der Waals surface area contributed by atoms with Gasteiger partial charge in [0, 0.05) is 0 Å². The average Bonchev–Trinajstić information content (AvgIpc) is 2.78. The van der Waals surface area contributed by atoms with Gasteiger partial charge in [0.05, 0.1) is 18.9 Å². The molecule has 1 aromatic carbocycles. The molecule has 2 rings (SSSR count). The molecular formula is C19H27NO6S. The Balaban J connectivity index is 2.13. The molecule has 1 aromatic rings. The number of benzene rings is 1. The van der Waals surface area contributed by atoms with Crippen molar-refractivity contribution in [1.82, 2.24) is 4.90 Å². The zero-order valence-corrected chi connectivity index (χ0v) is 17.4. The highest BCUT2D eigenvalue weighted by Crippen LogP contribution is 2.30. The van der Waals surface area contributed by atoms with Crippen molar-refractivity contribution in [3.8, 4) is 5.75 Å². The summed E-state index contributed by atoms with van der Waals surface area (Å²) in [7, 11) is -3.55. The van der Waals surface area contributed by atoms with E-state index < -0.39 is 27.5 Å². The van der Waals surface area contributed by atoms with Crippen molar-refractivity contribution in [2.45, 2.75) is 52.0 Å². The first kappa shape index (κ1) is 21.2. The van der Waals surface area contributed by atoms with Crippen LogP contribution in [0.5, 0.6) is 5.75 Å². The molecule has 7 nitrogen and oxygen atoms in total. The van der Waals surface area contributed by atoms with Gasteiger partial charge in [-0.3, -0.25) is 4.90 Å². The molecule has 1 heterocycles. The van der Waals surface area contributed by atoms with Gasteiger partial charge in [0.25, 0.3) is 0 Å². The number of hydrogen-bond acceptors (Lipinski definition) is 6. The van der Waals surface area contributed by atoms with E-state index in [9.17, 15) is 13.2 Å². The highest BCUT2D eigenvalue weighted by Gasteiger charge is 2.44. The molecule has 1 fully saturated rings. The van der Waals surface area contributed by atoms with Gasteiger partial charge >= 0.3 is 16.2 Å². The summed E-state index contributed by atoms with van der Waals surface area (Å²) >= 11 is 0. The summed E-state index contributed by atoms with van der Waals surface area (Å²) in [5, 5.41) is 0. The van der Waals surface area contributed by atoms with E-state index in [1.54, 1.807) is 29.2 Å². The van der Waals surface area contributed by atoms with Crippen LogP contribution in [0.25, 0.3) is 6.08 Å². The number of rotatable bonds is 4. The van der Waals surface area contributed by atoms with Crippen LogP contribution in [-0.2, 0) is 19.6 Å². The molecule has 0 aliphatic carbocycles. The Bertz CT molecular complexity index is 806. The molecule has 1 saturated heterocycles. The van der Waals surface area contributed by atoms with Crippen LogP contribution in [0.3, 0.4) is 0 Å². The predicted octanol–water partition coefficient (Wildman–Crippen LogP) is 3.41. The van der Waals surface area contributed by atoms with Crippen LogP contribution in [0.2, 0.25) is 0 Å². The van der Waals surface area contributed by atoms with E-state index in [4.69, 9.17) is 13.7 Å². The molecule has 0 N–H and O–H groups in total. The fourth-order valence-corrected chi connectivity index (χ4v) is 3.13. The fraction of sp³-hybridized carbons (Fsp3) is 0.526. The van der Waals surface area contributed by atoms with Gasteiger partial charge in [-0.05, 0) is 52.3 Å². The highest BCUT2D eigenvalue weighted by atomic mass is 32.2. The van der Waals surface area contributed by atoms with Crippen molar-refractivity contribution in [1.29, 1.82) is 0 Å². The second kappa shape index (κ2) is 7.52. The van der Waals surface area contributed by atoms with Crippen molar-refractivity contribution in [2.75, 3.05) is 12.9 Å². The average molecular weight is 397 g/mol. The quantitative estimate of drug-likeness (QED) is 0.724. The van der Waals surface area contributed by atoms with Crippen molar-refractivity contribution in [3.63, 3.8) is 0 Å². The lowest BCUT2D eigenvalue weighted by molar-refractivity contribution is -0.0610. The molecule has 0 bridgehead atoms. The first-order valence-corrected chi connectivity index (χ1v) is 10.4. The molecule has 1 amide bonds. The normalized spacial score (nSPS) is 20.1. The van der Waals surface area contributed by atoms with Crippen LogP contribution in [0.4, 0.5) is 4.79 Å². The van der Waals surface area contributed by atoms with Gasteiger partial charge in [0.1, 0.15) is 17.1 Å². The number of carbonyl (C=O) groups is 1. The third-order valence-electron chi connectivity index (χ3n) is 3.75. The number of nitrogens with zero attached hydrogens (tertiary/aromatic N) is 1. The molecule has 150 valence electrons. The third kappa shape index (κ3) is 6.25. The molecule has 1 aliphatic rings. The maximum atomic E-state index is 12.6. The summed E-state index contributed by atoms with van der Waals surface area (Å²) in [5.74, 6) is 0.246. The second-order valence-electron chi connectivity index (χ2n) is 7.89. The van der Waals surface area contributed by atoms with Gasteiger partial charge in [-0.25, -0.2) is 4.79 Å². The zero-order chi connectivity index (χ0) is 20.5. The van der Waals surface area contributed by atoms with Crippen LogP contribution >= 0.6 is 0 Å². The monoisotopic (exact) mass is 397 g/mol. The predicted molar refractivity (Wildman–Crippen MR) is 103 cm³/mol. The Morgan fingerprint density at radius 1 is 1.26 bits per heavy atom. The minimum absolute atomic E-state index is 0.246. The van der Waals surface area contributed by atoms with Crippen LogP contribution < -0.4 is 4.18 Å². The largest absolute Gasteiger partial charge is 0.444 e. The molecular weight excluding hydrogens is 370 g/mol. The number of amides is 1. The number of ether oxygens (including phenoxy) is 2. The molecule has 27 heavy (non-hydrogen) atoms. The van der Waals surface area contributed by atoms with Gasteiger partial charge in [0.2, 0.25) is 0 Å². The Kier molecular flexibility index (Phi) is 5.91. The summed E-state index contributed by atoms with van der Waals surface area (Å²) in [5.41, 5.74) is -0.533. The smallest absolute Gasteiger partial charge is 0.413 e. The fourth-order valence-electron chi connectivity index (χ4n) is 2.67. The van der Waals surface area contributed by atoms with Crippen LogP contribution in [0, 0.1) is 0 Å². The van der Waals surface area contributed by atoms with Crippen molar-refractivity contribution < 1.29 is 26.9 Å². The van der Waals surface area contributed by atoms with Gasteiger partial charge in [-0.2, -0.15) is 8.42 Å². The molecule has 8 heteroatoms. The van der Waals surface area contributed by atoms with Gasteiger partial charge in [-0.15, -0.1) is 0 Å². The molecule has 0 unspecified atom stereocenters. The highest BCUT2D eigenvalue weighted by molar-refractivity contribution is 7.86. The standard InChI is InChI=1S/C19H27NO6S/c1-18(2,3)25-17(21)20-15(13-24-19(20,4)5)10-7-14-8-11-16(12-9-14)26-27(6,22)23/h7-12,15H,13H2,1-6H3/b10-7-/t15-/m0/s1. The molecule has 0 spiro atoms. The third-order valence-corrected chi connectivity index (χ3v) is 4.24. The summed E-state index contributed by atoms with van der Waals surface area (Å²) in [6.07, 6.45) is 4.27. The van der Waals surface area contributed by atoms with E-state index in [0.717, 1.165) is 11.8 Å². The number of hydrogen-bond donors (Lipinski definition) is 0.